The SMILES string of the molecule is Cc1cc(C)n(C2=C/C(=N)Nc3c(c(-c4ccc(OC(F)(F)F)cc4)nn3CC3CC3)C/C=N\2)n1. The van der Waals surface area contributed by atoms with Gasteiger partial charge in [0.25, 0.3) is 0 Å². The minimum Gasteiger partial charge on any atom is -0.406 e. The molecule has 0 saturated heterocycles. The predicted octanol–water partition coefficient (Wildman–Crippen LogP) is 5.19. The minimum atomic E-state index is -4.75. The van der Waals surface area contributed by atoms with E-state index in [4.69, 9.17) is 10.5 Å². The van der Waals surface area contributed by atoms with Crippen LogP contribution in [0.4, 0.5) is 19.0 Å². The second-order valence-electron chi connectivity index (χ2n) is 8.77. The highest BCUT2D eigenvalue weighted by atomic mass is 19.4. The fraction of sp³-hybridized carbons (Fsp3) is 0.333. The molecule has 0 spiro atoms. The molecule has 0 amide bonds. The summed E-state index contributed by atoms with van der Waals surface area (Å²) < 4.78 is 45.2. The van der Waals surface area contributed by atoms with Crippen LogP contribution < -0.4 is 10.1 Å². The zero-order valence-corrected chi connectivity index (χ0v) is 19.2. The summed E-state index contributed by atoms with van der Waals surface area (Å²) >= 11 is 0. The summed E-state index contributed by atoms with van der Waals surface area (Å²) in [7, 11) is 0. The summed E-state index contributed by atoms with van der Waals surface area (Å²) in [5.74, 6) is 1.55. The number of halogens is 3. The number of nitrogens with zero attached hydrogens (tertiary/aromatic N) is 5. The molecule has 3 heterocycles. The van der Waals surface area contributed by atoms with Crippen molar-refractivity contribution in [2.24, 2.45) is 10.9 Å². The lowest BCUT2D eigenvalue weighted by Gasteiger charge is -2.10. The summed E-state index contributed by atoms with van der Waals surface area (Å²) in [6.07, 6.45) is 1.26. The van der Waals surface area contributed by atoms with Crippen LogP contribution in [0.15, 0.2) is 41.4 Å². The third kappa shape index (κ3) is 5.13. The summed E-state index contributed by atoms with van der Waals surface area (Å²) in [5, 5.41) is 21.0. The van der Waals surface area contributed by atoms with Gasteiger partial charge in [-0.25, -0.2) is 14.4 Å². The quantitative estimate of drug-likeness (QED) is 0.523. The Hall–Kier alpha value is -3.89. The molecular weight excluding hydrogens is 459 g/mol. The van der Waals surface area contributed by atoms with Crippen molar-refractivity contribution in [3.05, 3.63) is 53.4 Å². The van der Waals surface area contributed by atoms with E-state index in [9.17, 15) is 13.2 Å². The topological polar surface area (TPSA) is 93.1 Å². The molecule has 0 radical (unpaired) electrons. The van der Waals surface area contributed by atoms with Crippen molar-refractivity contribution in [1.82, 2.24) is 19.6 Å². The van der Waals surface area contributed by atoms with E-state index < -0.39 is 6.36 Å². The van der Waals surface area contributed by atoms with Gasteiger partial charge in [0.05, 0.1) is 11.4 Å². The molecule has 0 bridgehead atoms. The molecule has 5 rings (SSSR count). The van der Waals surface area contributed by atoms with E-state index in [1.165, 1.54) is 12.1 Å². The highest BCUT2D eigenvalue weighted by molar-refractivity contribution is 6.05. The average molecular weight is 483 g/mol. The number of aromatic nitrogens is 4. The molecule has 0 unspecified atom stereocenters. The number of anilines is 1. The lowest BCUT2D eigenvalue weighted by molar-refractivity contribution is -0.274. The number of alkyl halides is 3. The van der Waals surface area contributed by atoms with Gasteiger partial charge in [0, 0.05) is 42.1 Å². The van der Waals surface area contributed by atoms with Gasteiger partial charge in [-0.2, -0.15) is 10.2 Å². The van der Waals surface area contributed by atoms with Crippen molar-refractivity contribution in [3.63, 3.8) is 0 Å². The van der Waals surface area contributed by atoms with Gasteiger partial charge in [0.1, 0.15) is 17.4 Å². The fourth-order valence-corrected chi connectivity index (χ4v) is 4.09. The summed E-state index contributed by atoms with van der Waals surface area (Å²) in [5.41, 5.74) is 3.84. The van der Waals surface area contributed by atoms with E-state index in [0.29, 0.717) is 41.8 Å². The number of nitrogens with one attached hydrogen (secondary N) is 2. The van der Waals surface area contributed by atoms with Crippen LogP contribution in [0.3, 0.4) is 0 Å². The number of benzene rings is 1. The molecule has 2 N–H and O–H groups in total. The highest BCUT2D eigenvalue weighted by Gasteiger charge is 2.31. The first kappa shape index (κ1) is 22.9. The standard InChI is InChI=1S/C24H24F3N7O/c1-14-11-15(2)34(31-14)21-12-20(28)30-23-19(9-10-29-21)22(32-33(23)13-16-3-4-16)17-5-7-18(8-6-17)35-24(25,26)27/h5-8,10-12,16H,3-4,9,13H2,1-2H3,(H2,28,30)/b21-12+,29-10-. The number of aryl methyl sites for hydroxylation is 2. The number of fused-ring (bicyclic) bond motifs is 1. The zero-order chi connectivity index (χ0) is 24.7. The number of rotatable bonds is 5. The largest absolute Gasteiger partial charge is 0.573 e. The Bertz CT molecular complexity index is 1330. The van der Waals surface area contributed by atoms with Crippen molar-refractivity contribution in [2.75, 3.05) is 5.32 Å². The van der Waals surface area contributed by atoms with Gasteiger partial charge < -0.3 is 10.1 Å². The zero-order valence-electron chi connectivity index (χ0n) is 19.2. The third-order valence-corrected chi connectivity index (χ3v) is 5.81. The molecule has 1 aliphatic heterocycles. The van der Waals surface area contributed by atoms with Crippen LogP contribution in [-0.2, 0) is 13.0 Å². The van der Waals surface area contributed by atoms with Crippen LogP contribution in [0.2, 0.25) is 0 Å². The predicted molar refractivity (Wildman–Crippen MR) is 127 cm³/mol. The Labute approximate surface area is 199 Å². The second kappa shape index (κ2) is 8.71. The smallest absolute Gasteiger partial charge is 0.406 e. The molecular formula is C24H24F3N7O. The molecule has 1 fully saturated rings. The maximum Gasteiger partial charge on any atom is 0.573 e. The molecule has 2 aliphatic rings. The molecule has 35 heavy (non-hydrogen) atoms. The van der Waals surface area contributed by atoms with Crippen molar-refractivity contribution in [3.8, 4) is 17.0 Å². The lowest BCUT2D eigenvalue weighted by atomic mass is 10.1. The monoisotopic (exact) mass is 483 g/mol. The van der Waals surface area contributed by atoms with Gasteiger partial charge in [-0.05, 0) is 62.9 Å². The van der Waals surface area contributed by atoms with Gasteiger partial charge in [0.15, 0.2) is 5.82 Å². The molecule has 182 valence electrons. The Morgan fingerprint density at radius 1 is 1.14 bits per heavy atom. The van der Waals surface area contributed by atoms with Gasteiger partial charge >= 0.3 is 6.36 Å². The number of amidine groups is 1. The van der Waals surface area contributed by atoms with E-state index in [0.717, 1.165) is 29.8 Å². The van der Waals surface area contributed by atoms with Crippen molar-refractivity contribution in [2.45, 2.75) is 46.0 Å². The first-order chi connectivity index (χ1) is 16.7. The van der Waals surface area contributed by atoms with Gasteiger partial charge in [-0.1, -0.05) is 0 Å². The minimum absolute atomic E-state index is 0.130. The van der Waals surface area contributed by atoms with Crippen LogP contribution in [0.25, 0.3) is 17.1 Å². The number of hydrogen-bond acceptors (Lipinski definition) is 5. The maximum absolute atomic E-state index is 12.6. The van der Waals surface area contributed by atoms with Crippen LogP contribution in [0.5, 0.6) is 5.75 Å². The van der Waals surface area contributed by atoms with Crippen LogP contribution in [0, 0.1) is 25.2 Å². The van der Waals surface area contributed by atoms with E-state index >= 15 is 0 Å². The Balaban J connectivity index is 1.52. The van der Waals surface area contributed by atoms with E-state index in [1.54, 1.807) is 29.1 Å². The average Bonchev–Trinajstić information content (AvgIpc) is 3.43. The number of ether oxygens (including phenoxy) is 1. The molecule has 1 aliphatic carbocycles. The molecule has 8 nitrogen and oxygen atoms in total. The lowest BCUT2D eigenvalue weighted by Crippen LogP contribution is -2.16. The molecule has 1 saturated carbocycles. The molecule has 0 atom stereocenters. The van der Waals surface area contributed by atoms with Crippen molar-refractivity contribution < 1.29 is 17.9 Å². The normalized spacial score (nSPS) is 18.5. The third-order valence-electron chi connectivity index (χ3n) is 5.81. The summed E-state index contributed by atoms with van der Waals surface area (Å²) in [4.78, 5) is 4.58. The Kier molecular flexibility index (Phi) is 5.70. The summed E-state index contributed by atoms with van der Waals surface area (Å²) in [6.45, 7) is 4.52. The molecule has 3 aromatic rings. The second-order valence-corrected chi connectivity index (χ2v) is 8.77. The Morgan fingerprint density at radius 2 is 1.89 bits per heavy atom. The fourth-order valence-electron chi connectivity index (χ4n) is 4.09. The first-order valence-electron chi connectivity index (χ1n) is 11.3. The molecule has 2 aromatic heterocycles. The summed E-state index contributed by atoms with van der Waals surface area (Å²) in [6, 6.07) is 7.60. The van der Waals surface area contributed by atoms with Crippen LogP contribution >= 0.6 is 0 Å². The van der Waals surface area contributed by atoms with E-state index in [1.807, 2.05) is 24.6 Å². The van der Waals surface area contributed by atoms with E-state index in [-0.39, 0.29) is 11.6 Å². The van der Waals surface area contributed by atoms with Gasteiger partial charge in [-0.3, -0.25) is 5.41 Å². The van der Waals surface area contributed by atoms with Crippen molar-refractivity contribution in [1.29, 1.82) is 5.41 Å². The first-order valence-corrected chi connectivity index (χ1v) is 11.3. The van der Waals surface area contributed by atoms with Gasteiger partial charge in [0.2, 0.25) is 0 Å². The van der Waals surface area contributed by atoms with Gasteiger partial charge in [-0.15, -0.1) is 13.2 Å². The maximum atomic E-state index is 12.6. The number of hydrogen-bond donors (Lipinski definition) is 2. The Morgan fingerprint density at radius 3 is 2.51 bits per heavy atom. The number of aliphatic imine (C=N–C) groups is 1. The van der Waals surface area contributed by atoms with Crippen LogP contribution in [0.1, 0.15) is 29.8 Å². The molecule has 1 aromatic carbocycles. The van der Waals surface area contributed by atoms with Crippen molar-refractivity contribution >= 4 is 23.7 Å². The van der Waals surface area contributed by atoms with Crippen LogP contribution in [-0.4, -0.2) is 38.0 Å². The van der Waals surface area contributed by atoms with E-state index in [2.05, 4.69) is 20.1 Å². The highest BCUT2D eigenvalue weighted by Crippen LogP contribution is 2.36. The molecule has 11 heteroatoms.